The molecule has 0 saturated carbocycles. The van der Waals surface area contributed by atoms with Gasteiger partial charge in [-0.25, -0.2) is 15.0 Å². The molecule has 1 aromatic carbocycles. The summed E-state index contributed by atoms with van der Waals surface area (Å²) in [7, 11) is 2.02. The first-order valence-corrected chi connectivity index (χ1v) is 9.89. The summed E-state index contributed by atoms with van der Waals surface area (Å²) in [6.07, 6.45) is 12.6. The van der Waals surface area contributed by atoms with Crippen molar-refractivity contribution >= 4 is 47.7 Å². The highest BCUT2D eigenvalue weighted by Gasteiger charge is 2.16. The highest BCUT2D eigenvalue weighted by Crippen LogP contribution is 2.35. The summed E-state index contributed by atoms with van der Waals surface area (Å²) in [6.45, 7) is 0. The molecule has 0 fully saturated rings. The van der Waals surface area contributed by atoms with Gasteiger partial charge in [-0.1, -0.05) is 6.07 Å². The predicted molar refractivity (Wildman–Crippen MR) is 129 cm³/mol. The van der Waals surface area contributed by atoms with Crippen LogP contribution in [0.4, 0.5) is 11.5 Å². The third kappa shape index (κ3) is 4.46. The lowest BCUT2D eigenvalue weighted by atomic mass is 10.2. The van der Waals surface area contributed by atoms with Gasteiger partial charge in [0.15, 0.2) is 0 Å². The molecule has 0 spiro atoms. The summed E-state index contributed by atoms with van der Waals surface area (Å²) < 4.78 is 3.78. The first-order valence-electron chi connectivity index (χ1n) is 9.01. The monoisotopic (exact) mass is 471 g/mol. The Morgan fingerprint density at radius 1 is 0.903 bits per heavy atom. The maximum absolute atomic E-state index is 4.85. The highest BCUT2D eigenvalue weighted by atomic mass is 35.5. The molecule has 158 valence electrons. The van der Waals surface area contributed by atoms with Crippen LogP contribution in [-0.4, -0.2) is 36.1 Å². The summed E-state index contributed by atoms with van der Waals surface area (Å²) in [5.74, 6) is 1.42. The third-order valence-electron chi connectivity index (χ3n) is 4.64. The molecule has 31 heavy (non-hydrogen) atoms. The molecule has 0 aliphatic heterocycles. The van der Waals surface area contributed by atoms with Crippen LogP contribution >= 0.6 is 36.2 Å². The molecule has 10 heteroatoms. The van der Waals surface area contributed by atoms with Crippen LogP contribution in [0, 0.1) is 0 Å². The van der Waals surface area contributed by atoms with Crippen LogP contribution in [0.15, 0.2) is 85.4 Å². The molecule has 5 rings (SSSR count). The van der Waals surface area contributed by atoms with E-state index in [4.69, 9.17) is 4.98 Å². The van der Waals surface area contributed by atoms with E-state index in [9.17, 15) is 0 Å². The fourth-order valence-corrected chi connectivity index (χ4v) is 3.84. The van der Waals surface area contributed by atoms with Gasteiger partial charge in [-0.15, -0.1) is 36.2 Å². The third-order valence-corrected chi connectivity index (χ3v) is 5.54. The second-order valence-corrected chi connectivity index (χ2v) is 7.35. The van der Waals surface area contributed by atoms with Crippen molar-refractivity contribution in [3.8, 4) is 22.1 Å². The van der Waals surface area contributed by atoms with E-state index in [1.807, 2.05) is 36.3 Å². The zero-order valence-corrected chi connectivity index (χ0v) is 18.9. The van der Waals surface area contributed by atoms with Crippen LogP contribution in [0.3, 0.4) is 0 Å². The number of imidazole rings is 2. The van der Waals surface area contributed by atoms with E-state index < -0.39 is 0 Å². The van der Waals surface area contributed by atoms with E-state index in [0.29, 0.717) is 5.95 Å². The zero-order chi connectivity index (χ0) is 19.6. The summed E-state index contributed by atoms with van der Waals surface area (Å²) in [6, 6.07) is 12.4. The fourth-order valence-electron chi connectivity index (χ4n) is 3.11. The lowest BCUT2D eigenvalue weighted by molar-refractivity contribution is 0.917. The number of anilines is 2. The lowest BCUT2D eigenvalue weighted by Crippen LogP contribution is -2.14. The van der Waals surface area contributed by atoms with Crippen LogP contribution in [0.1, 0.15) is 0 Å². The first kappa shape index (κ1) is 22.5. The van der Waals surface area contributed by atoms with Crippen molar-refractivity contribution < 1.29 is 0 Å². The summed E-state index contributed by atoms with van der Waals surface area (Å²) >= 11 is 1.67. The Morgan fingerprint density at radius 2 is 1.61 bits per heavy atom. The van der Waals surface area contributed by atoms with Gasteiger partial charge in [-0.3, -0.25) is 4.57 Å². The van der Waals surface area contributed by atoms with Gasteiger partial charge in [-0.05, 0) is 35.7 Å². The van der Waals surface area contributed by atoms with Crippen molar-refractivity contribution in [1.29, 1.82) is 0 Å². The molecule has 4 heterocycles. The minimum Gasteiger partial charge on any atom is -0.329 e. The predicted octanol–water partition coefficient (Wildman–Crippen LogP) is 5.19. The Hall–Kier alpha value is -3.20. The topological polar surface area (TPSA) is 64.7 Å². The molecule has 7 nitrogen and oxygen atoms in total. The normalized spacial score (nSPS) is 10.2. The minimum absolute atomic E-state index is 0. The molecule has 0 aliphatic rings. The number of thiophene rings is 1. The summed E-state index contributed by atoms with van der Waals surface area (Å²) in [4.78, 5) is 20.8. The second kappa shape index (κ2) is 9.74. The zero-order valence-electron chi connectivity index (χ0n) is 16.4. The molecular formula is C21H19Cl2N7S. The molecule has 5 aromatic rings. The SMILES string of the molecule is CN(c1ccc(-n2ccnc2)cc1)c1nc(-n2ccnc2)ncc1-c1cccs1.Cl.Cl. The van der Waals surface area contributed by atoms with Crippen molar-refractivity contribution in [1.82, 2.24) is 29.1 Å². The molecule has 0 N–H and O–H groups in total. The molecule has 4 aromatic heterocycles. The number of nitrogens with zero attached hydrogens (tertiary/aromatic N) is 7. The smallest absolute Gasteiger partial charge is 0.236 e. The highest BCUT2D eigenvalue weighted by molar-refractivity contribution is 7.13. The average Bonchev–Trinajstić information content (AvgIpc) is 3.56. The van der Waals surface area contributed by atoms with E-state index >= 15 is 0 Å². The van der Waals surface area contributed by atoms with Gasteiger partial charge in [0.05, 0.1) is 11.9 Å². The largest absolute Gasteiger partial charge is 0.329 e. The quantitative estimate of drug-likeness (QED) is 0.352. The van der Waals surface area contributed by atoms with E-state index in [0.717, 1.165) is 27.6 Å². The van der Waals surface area contributed by atoms with E-state index in [2.05, 4.69) is 55.6 Å². The van der Waals surface area contributed by atoms with Crippen molar-refractivity contribution in [2.45, 2.75) is 0 Å². The second-order valence-electron chi connectivity index (χ2n) is 6.40. The average molecular weight is 472 g/mol. The van der Waals surface area contributed by atoms with Gasteiger partial charge >= 0.3 is 0 Å². The number of benzene rings is 1. The molecule has 0 aliphatic carbocycles. The minimum atomic E-state index is 0. The number of halogens is 2. The van der Waals surface area contributed by atoms with Crippen LogP contribution in [0.25, 0.3) is 22.1 Å². The number of rotatable bonds is 5. The summed E-state index contributed by atoms with van der Waals surface area (Å²) in [5.41, 5.74) is 3.08. The Kier molecular flexibility index (Phi) is 7.06. The van der Waals surface area contributed by atoms with Gasteiger partial charge in [0.2, 0.25) is 5.95 Å². The Bertz CT molecular complexity index is 1210. The van der Waals surface area contributed by atoms with Gasteiger partial charge in [0.1, 0.15) is 12.1 Å². The van der Waals surface area contributed by atoms with Gasteiger partial charge < -0.3 is 9.47 Å². The maximum atomic E-state index is 4.85. The van der Waals surface area contributed by atoms with Crippen LogP contribution in [-0.2, 0) is 0 Å². The number of aromatic nitrogens is 6. The van der Waals surface area contributed by atoms with Crippen molar-refractivity contribution in [3.63, 3.8) is 0 Å². The molecule has 0 atom stereocenters. The number of hydrogen-bond donors (Lipinski definition) is 0. The van der Waals surface area contributed by atoms with E-state index in [-0.39, 0.29) is 24.8 Å². The fraction of sp³-hybridized carbons (Fsp3) is 0.0476. The van der Waals surface area contributed by atoms with E-state index in [1.165, 1.54) is 0 Å². The summed E-state index contributed by atoms with van der Waals surface area (Å²) in [5, 5.41) is 2.06. The Balaban J connectivity index is 0.00000136. The van der Waals surface area contributed by atoms with Gasteiger partial charge in [0, 0.05) is 54.3 Å². The van der Waals surface area contributed by atoms with Crippen molar-refractivity contribution in [3.05, 3.63) is 85.4 Å². The van der Waals surface area contributed by atoms with Crippen LogP contribution in [0.2, 0.25) is 0 Å². The Morgan fingerprint density at radius 3 is 2.23 bits per heavy atom. The molecular weight excluding hydrogens is 453 g/mol. The Labute approximate surface area is 195 Å². The van der Waals surface area contributed by atoms with Crippen molar-refractivity contribution in [2.75, 3.05) is 11.9 Å². The van der Waals surface area contributed by atoms with Crippen LogP contribution in [0.5, 0.6) is 0 Å². The van der Waals surface area contributed by atoms with Crippen molar-refractivity contribution in [2.24, 2.45) is 0 Å². The lowest BCUT2D eigenvalue weighted by Gasteiger charge is -2.22. The first-order chi connectivity index (χ1) is 14.3. The van der Waals surface area contributed by atoms with Gasteiger partial charge in [0.25, 0.3) is 0 Å². The standard InChI is InChI=1S/C21H17N7S.2ClH/c1-26(16-4-6-17(7-5-16)27-10-8-22-14-27)20-18(19-3-2-12-29-19)13-24-21(25-20)28-11-9-23-15-28;;/h2-15H,1H3;2*1H. The maximum Gasteiger partial charge on any atom is 0.236 e. The van der Waals surface area contributed by atoms with Gasteiger partial charge in [-0.2, -0.15) is 4.98 Å². The molecule has 0 radical (unpaired) electrons. The molecule has 0 bridgehead atoms. The molecule has 0 amide bonds. The number of hydrogen-bond acceptors (Lipinski definition) is 6. The van der Waals surface area contributed by atoms with Crippen LogP contribution < -0.4 is 4.90 Å². The molecule has 0 unspecified atom stereocenters. The van der Waals surface area contributed by atoms with E-state index in [1.54, 1.807) is 41.0 Å². The molecule has 0 saturated heterocycles.